The Morgan fingerprint density at radius 1 is 1.43 bits per heavy atom. The van der Waals surface area contributed by atoms with Gasteiger partial charge in [0.1, 0.15) is 0 Å². The highest BCUT2D eigenvalue weighted by Crippen LogP contribution is 2.32. The summed E-state index contributed by atoms with van der Waals surface area (Å²) >= 11 is 0. The van der Waals surface area contributed by atoms with Crippen molar-refractivity contribution in [2.75, 3.05) is 13.1 Å². The number of rotatable bonds is 3. The first-order valence-electron chi connectivity index (χ1n) is 7.85. The summed E-state index contributed by atoms with van der Waals surface area (Å²) in [5, 5.41) is 0. The number of nitrogens with one attached hydrogen (secondary N) is 1. The number of fused-ring (bicyclic) bond motifs is 1. The van der Waals surface area contributed by atoms with Gasteiger partial charge in [0.05, 0.1) is 11.0 Å². The van der Waals surface area contributed by atoms with Crippen molar-refractivity contribution in [3.63, 3.8) is 0 Å². The molecule has 1 N–H and O–H groups in total. The minimum absolute atomic E-state index is 0.306. The summed E-state index contributed by atoms with van der Waals surface area (Å²) in [4.78, 5) is 21.9. The van der Waals surface area contributed by atoms with E-state index >= 15 is 0 Å². The molecule has 2 aromatic rings. The minimum atomic E-state index is 0.306. The highest BCUT2D eigenvalue weighted by Gasteiger charge is 2.25. The van der Waals surface area contributed by atoms with Crippen LogP contribution in [-0.2, 0) is 4.79 Å². The lowest BCUT2D eigenvalue weighted by molar-refractivity contribution is -0.133. The normalized spacial score (nSPS) is 16.8. The van der Waals surface area contributed by atoms with Crippen LogP contribution >= 0.6 is 0 Å². The van der Waals surface area contributed by atoms with Crippen LogP contribution in [0.3, 0.4) is 0 Å². The molecule has 3 heterocycles. The van der Waals surface area contributed by atoms with Crippen molar-refractivity contribution in [3.05, 3.63) is 30.1 Å². The third-order valence-electron chi connectivity index (χ3n) is 4.33. The number of likely N-dealkylation sites (tertiary alicyclic amines) is 1. The number of aromatic amines is 1. The fourth-order valence-corrected chi connectivity index (χ4v) is 3.21. The van der Waals surface area contributed by atoms with Gasteiger partial charge in [0, 0.05) is 31.9 Å². The molecule has 0 radical (unpaired) electrons. The molecule has 0 atom stereocenters. The van der Waals surface area contributed by atoms with Gasteiger partial charge < -0.3 is 9.88 Å². The fraction of sp³-hybridized carbons (Fsp3) is 0.529. The van der Waals surface area contributed by atoms with E-state index in [1.54, 1.807) is 0 Å². The van der Waals surface area contributed by atoms with E-state index in [1.807, 2.05) is 17.2 Å². The molecule has 1 aliphatic rings. The Labute approximate surface area is 125 Å². The SMILES string of the molecule is CC(C)CC(=O)N1CCC(c2c[nH]c3cccnc23)CC1. The second-order valence-corrected chi connectivity index (χ2v) is 6.40. The monoisotopic (exact) mass is 285 g/mol. The number of aromatic nitrogens is 2. The quantitative estimate of drug-likeness (QED) is 0.940. The molecule has 4 nitrogen and oxygen atoms in total. The highest BCUT2D eigenvalue weighted by atomic mass is 16.2. The molecule has 21 heavy (non-hydrogen) atoms. The molecule has 0 saturated carbocycles. The van der Waals surface area contributed by atoms with Gasteiger partial charge in [0.25, 0.3) is 0 Å². The number of amides is 1. The van der Waals surface area contributed by atoms with Gasteiger partial charge in [-0.25, -0.2) is 0 Å². The standard InChI is InChI=1S/C17H23N3O/c1-12(2)10-16(21)20-8-5-13(6-9-20)14-11-19-15-4-3-7-18-17(14)15/h3-4,7,11-13,19H,5-6,8-10H2,1-2H3. The summed E-state index contributed by atoms with van der Waals surface area (Å²) in [6, 6.07) is 4.02. The smallest absolute Gasteiger partial charge is 0.222 e. The molecule has 2 aromatic heterocycles. The lowest BCUT2D eigenvalue weighted by Gasteiger charge is -2.32. The molecule has 0 aliphatic carbocycles. The molecular formula is C17H23N3O. The zero-order valence-corrected chi connectivity index (χ0v) is 12.8. The average molecular weight is 285 g/mol. The molecule has 1 fully saturated rings. The summed E-state index contributed by atoms with van der Waals surface area (Å²) in [5.41, 5.74) is 3.50. The first kappa shape index (κ1) is 14.1. The lowest BCUT2D eigenvalue weighted by atomic mass is 9.90. The van der Waals surface area contributed by atoms with Crippen LogP contribution in [-0.4, -0.2) is 33.9 Å². The van der Waals surface area contributed by atoms with Gasteiger partial charge in [0.2, 0.25) is 5.91 Å². The van der Waals surface area contributed by atoms with Crippen LogP contribution in [0.15, 0.2) is 24.5 Å². The maximum Gasteiger partial charge on any atom is 0.222 e. The van der Waals surface area contributed by atoms with Crippen molar-refractivity contribution in [2.45, 2.75) is 39.0 Å². The Balaban J connectivity index is 1.67. The molecule has 0 bridgehead atoms. The van der Waals surface area contributed by atoms with E-state index in [9.17, 15) is 4.79 Å². The molecule has 1 saturated heterocycles. The van der Waals surface area contributed by atoms with Crippen LogP contribution in [0, 0.1) is 5.92 Å². The number of pyridine rings is 1. The largest absolute Gasteiger partial charge is 0.360 e. The molecule has 0 spiro atoms. The summed E-state index contributed by atoms with van der Waals surface area (Å²) in [5.74, 6) is 1.25. The van der Waals surface area contributed by atoms with Gasteiger partial charge in [-0.15, -0.1) is 0 Å². The van der Waals surface area contributed by atoms with Crippen LogP contribution in [0.5, 0.6) is 0 Å². The Morgan fingerprint density at radius 3 is 2.90 bits per heavy atom. The van der Waals surface area contributed by atoms with Gasteiger partial charge in [0.15, 0.2) is 0 Å². The van der Waals surface area contributed by atoms with Crippen LogP contribution < -0.4 is 0 Å². The van der Waals surface area contributed by atoms with Gasteiger partial charge in [-0.1, -0.05) is 13.8 Å². The number of carbonyl (C=O) groups is 1. The predicted octanol–water partition coefficient (Wildman–Crippen LogP) is 3.32. The van der Waals surface area contributed by atoms with E-state index in [1.165, 1.54) is 5.56 Å². The third-order valence-corrected chi connectivity index (χ3v) is 4.33. The van der Waals surface area contributed by atoms with Gasteiger partial charge >= 0.3 is 0 Å². The van der Waals surface area contributed by atoms with Gasteiger partial charge in [-0.2, -0.15) is 0 Å². The maximum atomic E-state index is 12.1. The summed E-state index contributed by atoms with van der Waals surface area (Å²) in [6.07, 6.45) is 6.68. The molecule has 3 rings (SSSR count). The summed E-state index contributed by atoms with van der Waals surface area (Å²) in [7, 11) is 0. The summed E-state index contributed by atoms with van der Waals surface area (Å²) in [6.45, 7) is 5.94. The van der Waals surface area contributed by atoms with E-state index in [0.717, 1.165) is 37.0 Å². The Kier molecular flexibility index (Phi) is 3.95. The molecule has 1 aliphatic heterocycles. The average Bonchev–Trinajstić information content (AvgIpc) is 2.90. The Bertz CT molecular complexity index is 624. The van der Waals surface area contributed by atoms with E-state index in [0.29, 0.717) is 24.2 Å². The van der Waals surface area contributed by atoms with E-state index in [4.69, 9.17) is 0 Å². The van der Waals surface area contributed by atoms with E-state index < -0.39 is 0 Å². The number of nitrogens with zero attached hydrogens (tertiary/aromatic N) is 2. The van der Waals surface area contributed by atoms with Gasteiger partial charge in [-0.05, 0) is 42.4 Å². The highest BCUT2D eigenvalue weighted by molar-refractivity contribution is 5.79. The van der Waals surface area contributed by atoms with Gasteiger partial charge in [-0.3, -0.25) is 9.78 Å². The van der Waals surface area contributed by atoms with Crippen LogP contribution in [0.2, 0.25) is 0 Å². The zero-order chi connectivity index (χ0) is 14.8. The number of piperidine rings is 1. The molecule has 4 heteroatoms. The van der Waals surface area contributed by atoms with Crippen molar-refractivity contribution < 1.29 is 4.79 Å². The van der Waals surface area contributed by atoms with E-state index in [-0.39, 0.29) is 0 Å². The molecule has 1 amide bonds. The predicted molar refractivity (Wildman–Crippen MR) is 84.1 cm³/mol. The minimum Gasteiger partial charge on any atom is -0.360 e. The molecular weight excluding hydrogens is 262 g/mol. The number of hydrogen-bond acceptors (Lipinski definition) is 2. The maximum absolute atomic E-state index is 12.1. The second kappa shape index (κ2) is 5.88. The number of hydrogen-bond donors (Lipinski definition) is 1. The fourth-order valence-electron chi connectivity index (χ4n) is 3.21. The van der Waals surface area contributed by atoms with Crippen molar-refractivity contribution in [1.82, 2.24) is 14.9 Å². The first-order valence-corrected chi connectivity index (χ1v) is 7.85. The Hall–Kier alpha value is -1.84. The number of carbonyl (C=O) groups excluding carboxylic acids is 1. The van der Waals surface area contributed by atoms with Crippen LogP contribution in [0.1, 0.15) is 44.6 Å². The van der Waals surface area contributed by atoms with Crippen molar-refractivity contribution in [3.8, 4) is 0 Å². The first-order chi connectivity index (χ1) is 10.1. The molecule has 112 valence electrons. The summed E-state index contributed by atoms with van der Waals surface area (Å²) < 4.78 is 0. The molecule has 0 unspecified atom stereocenters. The van der Waals surface area contributed by atoms with Crippen molar-refractivity contribution in [1.29, 1.82) is 0 Å². The lowest BCUT2D eigenvalue weighted by Crippen LogP contribution is -2.38. The topological polar surface area (TPSA) is 49.0 Å². The van der Waals surface area contributed by atoms with Crippen molar-refractivity contribution >= 4 is 16.9 Å². The van der Waals surface area contributed by atoms with Crippen LogP contribution in [0.25, 0.3) is 11.0 Å². The zero-order valence-electron chi connectivity index (χ0n) is 12.8. The Morgan fingerprint density at radius 2 is 2.19 bits per heavy atom. The van der Waals surface area contributed by atoms with E-state index in [2.05, 4.69) is 36.1 Å². The molecule has 0 aromatic carbocycles. The van der Waals surface area contributed by atoms with Crippen LogP contribution in [0.4, 0.5) is 0 Å². The third kappa shape index (κ3) is 2.94. The van der Waals surface area contributed by atoms with Crippen molar-refractivity contribution in [2.24, 2.45) is 5.92 Å². The second-order valence-electron chi connectivity index (χ2n) is 6.40. The number of H-pyrrole nitrogens is 1.